The van der Waals surface area contributed by atoms with E-state index in [1.165, 1.54) is 6.07 Å². The number of alkyl halides is 3. The summed E-state index contributed by atoms with van der Waals surface area (Å²) < 4.78 is 44.1. The minimum atomic E-state index is -4.70. The maximum absolute atomic E-state index is 14.1. The zero-order valence-electron chi connectivity index (χ0n) is 29.6. The summed E-state index contributed by atoms with van der Waals surface area (Å²) in [5.41, 5.74) is 7.99. The third kappa shape index (κ3) is 8.31. The maximum atomic E-state index is 14.1. The second-order valence-corrected chi connectivity index (χ2v) is 14.1. The van der Waals surface area contributed by atoms with E-state index < -0.39 is 23.3 Å². The number of rotatable bonds is 12. The van der Waals surface area contributed by atoms with E-state index in [0.29, 0.717) is 55.9 Å². The number of urea groups is 1. The standard InChI is InChI=1S/C38H46ClF3N8O2/c1-3-47(4-2)15-7-16-50-33-24-44-14-10-32(33)45-36(50)27(20-25-21-29(38(40,41)42)35(43)30(39)22-25)23-34(51)48-17-12-28(13-18-48)49-19-11-26-8-5-6-9-31(26)46-37(49)52/h5-6,8-10,14,21-22,24,27-28H,3-4,7,11-13,15-20,23,43H2,1-2H3,(H,46,52)/t27-/m0/s1. The van der Waals surface area contributed by atoms with Crippen LogP contribution in [0, 0.1) is 0 Å². The van der Waals surface area contributed by atoms with Gasteiger partial charge in [-0.1, -0.05) is 43.6 Å². The average molecular weight is 739 g/mol. The molecular formula is C38H46ClF3N8O2. The molecule has 278 valence electrons. The van der Waals surface area contributed by atoms with Crippen molar-refractivity contribution in [3.8, 4) is 0 Å². The highest BCUT2D eigenvalue weighted by Gasteiger charge is 2.36. The van der Waals surface area contributed by atoms with Crippen molar-refractivity contribution in [2.75, 3.05) is 50.3 Å². The largest absolute Gasteiger partial charge is 0.418 e. The second kappa shape index (κ2) is 16.1. The molecule has 4 heterocycles. The molecule has 1 fully saturated rings. The minimum absolute atomic E-state index is 0.0191. The summed E-state index contributed by atoms with van der Waals surface area (Å²) in [6.07, 6.45) is 1.62. The number of para-hydroxylation sites is 1. The van der Waals surface area contributed by atoms with E-state index in [-0.39, 0.29) is 35.8 Å². The summed E-state index contributed by atoms with van der Waals surface area (Å²) in [7, 11) is 0. The van der Waals surface area contributed by atoms with Gasteiger partial charge >= 0.3 is 12.2 Å². The fourth-order valence-corrected chi connectivity index (χ4v) is 7.84. The molecule has 10 nitrogen and oxygen atoms in total. The monoisotopic (exact) mass is 738 g/mol. The molecule has 2 aromatic heterocycles. The lowest BCUT2D eigenvalue weighted by atomic mass is 9.92. The number of hydrogen-bond donors (Lipinski definition) is 2. The van der Waals surface area contributed by atoms with Crippen LogP contribution in [0.4, 0.5) is 29.3 Å². The van der Waals surface area contributed by atoms with Crippen molar-refractivity contribution in [2.24, 2.45) is 0 Å². The molecule has 0 unspecified atom stereocenters. The minimum Gasteiger partial charge on any atom is -0.397 e. The van der Waals surface area contributed by atoms with Crippen LogP contribution in [0.15, 0.2) is 54.9 Å². The van der Waals surface area contributed by atoms with Crippen molar-refractivity contribution in [1.82, 2.24) is 29.2 Å². The predicted molar refractivity (Wildman–Crippen MR) is 197 cm³/mol. The van der Waals surface area contributed by atoms with E-state index in [1.54, 1.807) is 17.3 Å². The third-order valence-electron chi connectivity index (χ3n) is 10.5. The second-order valence-electron chi connectivity index (χ2n) is 13.7. The molecule has 52 heavy (non-hydrogen) atoms. The lowest BCUT2D eigenvalue weighted by Crippen LogP contribution is -2.50. The van der Waals surface area contributed by atoms with Crippen molar-refractivity contribution in [2.45, 2.75) is 77.1 Å². The molecule has 0 bridgehead atoms. The normalized spacial score (nSPS) is 16.2. The van der Waals surface area contributed by atoms with Crippen LogP contribution < -0.4 is 11.1 Å². The average Bonchev–Trinajstić information content (AvgIpc) is 3.40. The Morgan fingerprint density at radius 1 is 1.12 bits per heavy atom. The summed E-state index contributed by atoms with van der Waals surface area (Å²) in [6.45, 7) is 9.03. The highest BCUT2D eigenvalue weighted by molar-refractivity contribution is 6.33. The van der Waals surface area contributed by atoms with Gasteiger partial charge < -0.3 is 30.3 Å². The molecule has 1 saturated heterocycles. The number of benzene rings is 2. The Morgan fingerprint density at radius 3 is 2.60 bits per heavy atom. The highest BCUT2D eigenvalue weighted by atomic mass is 35.5. The number of carbonyl (C=O) groups is 2. The summed E-state index contributed by atoms with van der Waals surface area (Å²) in [4.78, 5) is 42.6. The van der Waals surface area contributed by atoms with Gasteiger partial charge in [0, 0.05) is 56.4 Å². The first kappa shape index (κ1) is 37.4. The molecular weight excluding hydrogens is 693 g/mol. The van der Waals surface area contributed by atoms with Gasteiger partial charge in [0.1, 0.15) is 5.82 Å². The number of nitrogen functional groups attached to an aromatic ring is 1. The lowest BCUT2D eigenvalue weighted by Gasteiger charge is -2.38. The number of hydrogen-bond acceptors (Lipinski definition) is 6. The van der Waals surface area contributed by atoms with Gasteiger partial charge in [-0.05, 0) is 87.1 Å². The predicted octanol–water partition coefficient (Wildman–Crippen LogP) is 7.22. The van der Waals surface area contributed by atoms with Gasteiger partial charge in [-0.15, -0.1) is 0 Å². The van der Waals surface area contributed by atoms with Crippen molar-refractivity contribution < 1.29 is 22.8 Å². The first-order chi connectivity index (χ1) is 25.0. The quantitative estimate of drug-likeness (QED) is 0.149. The first-order valence-electron chi connectivity index (χ1n) is 18.1. The number of carbonyl (C=O) groups excluding carboxylic acids is 2. The van der Waals surface area contributed by atoms with E-state index in [2.05, 4.69) is 33.6 Å². The Bertz CT molecular complexity index is 1890. The molecule has 0 spiro atoms. The van der Waals surface area contributed by atoms with Crippen LogP contribution >= 0.6 is 11.6 Å². The zero-order chi connectivity index (χ0) is 37.0. The Kier molecular flexibility index (Phi) is 11.6. The van der Waals surface area contributed by atoms with Crippen molar-refractivity contribution in [1.29, 1.82) is 0 Å². The number of piperidine rings is 1. The van der Waals surface area contributed by atoms with E-state index in [1.807, 2.05) is 35.2 Å². The van der Waals surface area contributed by atoms with Gasteiger partial charge in [0.25, 0.3) is 0 Å². The number of nitrogens with one attached hydrogen (secondary N) is 1. The van der Waals surface area contributed by atoms with E-state index >= 15 is 0 Å². The fourth-order valence-electron chi connectivity index (χ4n) is 7.60. The van der Waals surface area contributed by atoms with E-state index in [4.69, 9.17) is 22.3 Å². The van der Waals surface area contributed by atoms with E-state index in [9.17, 15) is 22.8 Å². The number of imidazole rings is 1. The number of nitrogens with zero attached hydrogens (tertiary/aromatic N) is 6. The van der Waals surface area contributed by atoms with Crippen LogP contribution in [0.25, 0.3) is 11.0 Å². The zero-order valence-corrected chi connectivity index (χ0v) is 30.4. The Morgan fingerprint density at radius 2 is 1.87 bits per heavy atom. The fraction of sp³-hybridized carbons (Fsp3) is 0.474. The maximum Gasteiger partial charge on any atom is 0.418 e. The highest BCUT2D eigenvalue weighted by Crippen LogP contribution is 2.39. The molecule has 0 aliphatic carbocycles. The topological polar surface area (TPSA) is 113 Å². The Balaban J connectivity index is 1.25. The number of amides is 3. The van der Waals surface area contributed by atoms with E-state index in [0.717, 1.165) is 55.3 Å². The van der Waals surface area contributed by atoms with Crippen LogP contribution in [0.5, 0.6) is 0 Å². The molecule has 2 aliphatic rings. The molecule has 0 saturated carbocycles. The number of fused-ring (bicyclic) bond motifs is 2. The summed E-state index contributed by atoms with van der Waals surface area (Å²) in [5, 5.41) is 2.85. The van der Waals surface area contributed by atoms with Gasteiger partial charge in [-0.25, -0.2) is 9.78 Å². The Labute approximate surface area is 307 Å². The number of pyridine rings is 1. The lowest BCUT2D eigenvalue weighted by molar-refractivity contribution is -0.137. The number of aryl methyl sites for hydroxylation is 1. The summed E-state index contributed by atoms with van der Waals surface area (Å²) in [5.74, 6) is -0.0662. The van der Waals surface area contributed by atoms with Crippen molar-refractivity contribution in [3.63, 3.8) is 0 Å². The van der Waals surface area contributed by atoms with Crippen LogP contribution in [0.1, 0.15) is 68.0 Å². The molecule has 3 amide bonds. The molecule has 2 aromatic carbocycles. The van der Waals surface area contributed by atoms with Gasteiger partial charge in [0.2, 0.25) is 5.91 Å². The van der Waals surface area contributed by atoms with Gasteiger partial charge in [0.05, 0.1) is 33.5 Å². The third-order valence-corrected chi connectivity index (χ3v) is 10.8. The van der Waals surface area contributed by atoms with Crippen LogP contribution in [0.2, 0.25) is 5.02 Å². The number of anilines is 2. The molecule has 2 aliphatic heterocycles. The summed E-state index contributed by atoms with van der Waals surface area (Å²) in [6, 6.07) is 11.9. The number of likely N-dealkylation sites (tertiary alicyclic amines) is 1. The number of halogens is 4. The molecule has 14 heteroatoms. The van der Waals surface area contributed by atoms with Crippen LogP contribution in [0.3, 0.4) is 0 Å². The van der Waals surface area contributed by atoms with Crippen molar-refractivity contribution in [3.05, 3.63) is 82.4 Å². The van der Waals surface area contributed by atoms with Gasteiger partial charge in [-0.3, -0.25) is 9.78 Å². The molecule has 0 radical (unpaired) electrons. The summed E-state index contributed by atoms with van der Waals surface area (Å²) >= 11 is 6.26. The molecule has 1 atom stereocenters. The van der Waals surface area contributed by atoms with Crippen LogP contribution in [-0.2, 0) is 30.4 Å². The Hall–Kier alpha value is -4.36. The van der Waals surface area contributed by atoms with Crippen molar-refractivity contribution >= 4 is 45.9 Å². The number of nitrogens with two attached hydrogens (primary N) is 1. The molecule has 4 aromatic rings. The van der Waals surface area contributed by atoms with Crippen LogP contribution in [-0.4, -0.2) is 86.5 Å². The SMILES string of the molecule is CCN(CC)CCCn1c([C@H](CC(=O)N2CCC(N3CCc4ccccc4NC3=O)CC2)Cc2cc(Cl)c(N)c(C(F)(F)F)c2)nc2ccncc21. The smallest absolute Gasteiger partial charge is 0.397 e. The molecule has 3 N–H and O–H groups in total. The van der Waals surface area contributed by atoms with Gasteiger partial charge in [-0.2, -0.15) is 13.2 Å². The number of aromatic nitrogens is 3. The first-order valence-corrected chi connectivity index (χ1v) is 18.4. The van der Waals surface area contributed by atoms with Gasteiger partial charge in [0.15, 0.2) is 0 Å². The molecule has 6 rings (SSSR count).